The van der Waals surface area contributed by atoms with Crippen LogP contribution < -0.4 is 10.0 Å². The molecule has 3 aromatic rings. The second-order valence-electron chi connectivity index (χ2n) is 6.59. The molecule has 0 spiro atoms. The standard InChI is InChI=1S/C22H18F2N2O6S/c23-16-6-9-19(24)20(12-16)26-21(27)14-32-22(28)10-5-15-3-7-18(8-4-15)33(29,30)25-13-17-2-1-11-31-17/h1-12,25H,13-14H2,(H,26,27)/b10-5+. The fraction of sp³-hybridized carbons (Fsp3) is 0.0909. The Bertz CT molecular complexity index is 1260. The molecule has 0 saturated carbocycles. The highest BCUT2D eigenvalue weighted by Gasteiger charge is 2.14. The van der Waals surface area contributed by atoms with Gasteiger partial charge in [0.2, 0.25) is 10.0 Å². The van der Waals surface area contributed by atoms with Crippen molar-refractivity contribution in [3.05, 3.63) is 89.9 Å². The van der Waals surface area contributed by atoms with Crippen LogP contribution in [-0.4, -0.2) is 26.9 Å². The number of halogens is 2. The Labute approximate surface area is 187 Å². The molecular weight excluding hydrogens is 458 g/mol. The molecule has 0 unspecified atom stereocenters. The van der Waals surface area contributed by atoms with Gasteiger partial charge in [-0.3, -0.25) is 4.79 Å². The number of sulfonamides is 1. The normalized spacial score (nSPS) is 11.5. The Morgan fingerprint density at radius 1 is 1.06 bits per heavy atom. The van der Waals surface area contributed by atoms with Crippen LogP contribution >= 0.6 is 0 Å². The van der Waals surface area contributed by atoms with E-state index < -0.39 is 40.1 Å². The van der Waals surface area contributed by atoms with E-state index in [4.69, 9.17) is 9.15 Å². The van der Waals surface area contributed by atoms with Gasteiger partial charge >= 0.3 is 5.97 Å². The molecule has 0 radical (unpaired) electrons. The highest BCUT2D eigenvalue weighted by molar-refractivity contribution is 7.89. The number of benzene rings is 2. The quantitative estimate of drug-likeness (QED) is 0.362. The Hall–Kier alpha value is -3.83. The van der Waals surface area contributed by atoms with Crippen LogP contribution in [0, 0.1) is 11.6 Å². The molecule has 0 fully saturated rings. The summed E-state index contributed by atoms with van der Waals surface area (Å²) in [6.45, 7) is -0.708. The molecule has 172 valence electrons. The lowest BCUT2D eigenvalue weighted by atomic mass is 10.2. The smallest absolute Gasteiger partial charge is 0.331 e. The number of carbonyl (C=O) groups excluding carboxylic acids is 2. The molecule has 33 heavy (non-hydrogen) atoms. The summed E-state index contributed by atoms with van der Waals surface area (Å²) < 4.78 is 63.4. The molecular formula is C22H18F2N2O6S. The summed E-state index contributed by atoms with van der Waals surface area (Å²) in [6, 6.07) is 11.5. The van der Waals surface area contributed by atoms with Crippen molar-refractivity contribution >= 4 is 33.7 Å². The number of hydrogen-bond donors (Lipinski definition) is 2. The summed E-state index contributed by atoms with van der Waals surface area (Å²) in [5, 5.41) is 2.10. The zero-order valence-corrected chi connectivity index (χ0v) is 17.8. The summed E-state index contributed by atoms with van der Waals surface area (Å²) >= 11 is 0. The predicted molar refractivity (Wildman–Crippen MR) is 114 cm³/mol. The first-order valence-corrected chi connectivity index (χ1v) is 10.9. The van der Waals surface area contributed by atoms with Gasteiger partial charge in [-0.25, -0.2) is 26.7 Å². The number of hydrogen-bond acceptors (Lipinski definition) is 6. The molecule has 1 aromatic heterocycles. The van der Waals surface area contributed by atoms with E-state index in [0.29, 0.717) is 11.3 Å². The number of amides is 1. The third-order valence-electron chi connectivity index (χ3n) is 4.17. The van der Waals surface area contributed by atoms with Gasteiger partial charge in [0.15, 0.2) is 6.61 Å². The second-order valence-corrected chi connectivity index (χ2v) is 8.35. The van der Waals surface area contributed by atoms with Crippen LogP contribution in [0.2, 0.25) is 0 Å². The fourth-order valence-corrected chi connectivity index (χ4v) is 3.54. The lowest BCUT2D eigenvalue weighted by molar-refractivity contribution is -0.142. The Morgan fingerprint density at radius 3 is 2.52 bits per heavy atom. The Balaban J connectivity index is 1.49. The van der Waals surface area contributed by atoms with Gasteiger partial charge in [0, 0.05) is 12.1 Å². The number of rotatable bonds is 9. The lowest BCUT2D eigenvalue weighted by Gasteiger charge is -2.06. The molecule has 0 saturated heterocycles. The molecule has 1 heterocycles. The third kappa shape index (κ3) is 7.09. The fourth-order valence-electron chi connectivity index (χ4n) is 2.55. The molecule has 0 aliphatic rings. The number of ether oxygens (including phenoxy) is 1. The molecule has 3 rings (SSSR count). The number of anilines is 1. The van der Waals surface area contributed by atoms with Gasteiger partial charge in [-0.15, -0.1) is 0 Å². The van der Waals surface area contributed by atoms with E-state index in [2.05, 4.69) is 10.0 Å². The van der Waals surface area contributed by atoms with Crippen molar-refractivity contribution in [2.24, 2.45) is 0 Å². The topological polar surface area (TPSA) is 115 Å². The van der Waals surface area contributed by atoms with Crippen LogP contribution in [0.5, 0.6) is 0 Å². The molecule has 0 aliphatic carbocycles. The Kier molecular flexibility index (Phi) is 7.70. The van der Waals surface area contributed by atoms with Gasteiger partial charge < -0.3 is 14.5 Å². The summed E-state index contributed by atoms with van der Waals surface area (Å²) in [5.74, 6) is -2.82. The highest BCUT2D eigenvalue weighted by Crippen LogP contribution is 2.15. The van der Waals surface area contributed by atoms with Crippen molar-refractivity contribution in [1.82, 2.24) is 4.72 Å². The van der Waals surface area contributed by atoms with Crippen LogP contribution in [0.1, 0.15) is 11.3 Å². The molecule has 0 atom stereocenters. The van der Waals surface area contributed by atoms with E-state index in [1.165, 1.54) is 36.6 Å². The van der Waals surface area contributed by atoms with Crippen molar-refractivity contribution in [3.63, 3.8) is 0 Å². The SMILES string of the molecule is O=C(COC(=O)/C=C/c1ccc(S(=O)(=O)NCc2ccco2)cc1)Nc1cc(F)ccc1F. The maximum atomic E-state index is 13.5. The van der Waals surface area contributed by atoms with Crippen LogP contribution in [0.3, 0.4) is 0 Å². The molecule has 2 aromatic carbocycles. The summed E-state index contributed by atoms with van der Waals surface area (Å²) in [4.78, 5) is 23.5. The lowest BCUT2D eigenvalue weighted by Crippen LogP contribution is -2.22. The first-order valence-electron chi connectivity index (χ1n) is 9.45. The third-order valence-corrected chi connectivity index (χ3v) is 5.58. The van der Waals surface area contributed by atoms with E-state index in [-0.39, 0.29) is 17.1 Å². The largest absolute Gasteiger partial charge is 0.468 e. The maximum absolute atomic E-state index is 13.5. The second kappa shape index (κ2) is 10.7. The average Bonchev–Trinajstić information content (AvgIpc) is 3.31. The van der Waals surface area contributed by atoms with E-state index >= 15 is 0 Å². The van der Waals surface area contributed by atoms with Crippen LogP contribution in [0.25, 0.3) is 6.08 Å². The molecule has 1 amide bonds. The minimum absolute atomic E-state index is 0.00224. The van der Waals surface area contributed by atoms with Crippen molar-refractivity contribution in [2.45, 2.75) is 11.4 Å². The maximum Gasteiger partial charge on any atom is 0.331 e. The number of furan rings is 1. The van der Waals surface area contributed by atoms with E-state index in [9.17, 15) is 26.8 Å². The van der Waals surface area contributed by atoms with Crippen molar-refractivity contribution in [1.29, 1.82) is 0 Å². The van der Waals surface area contributed by atoms with Gasteiger partial charge in [0.05, 0.1) is 23.4 Å². The van der Waals surface area contributed by atoms with Crippen LogP contribution in [0.15, 0.2) is 76.2 Å². The van der Waals surface area contributed by atoms with E-state index in [0.717, 1.165) is 24.3 Å². The van der Waals surface area contributed by atoms with Crippen LogP contribution in [-0.2, 0) is 30.9 Å². The van der Waals surface area contributed by atoms with Crippen LogP contribution in [0.4, 0.5) is 14.5 Å². The summed E-state index contributed by atoms with van der Waals surface area (Å²) in [5.41, 5.74) is 0.128. The number of nitrogens with one attached hydrogen (secondary N) is 2. The molecule has 2 N–H and O–H groups in total. The van der Waals surface area contributed by atoms with Gasteiger partial charge in [0.1, 0.15) is 17.4 Å². The predicted octanol–water partition coefficient (Wildman–Crippen LogP) is 3.23. The van der Waals surface area contributed by atoms with Gasteiger partial charge in [0.25, 0.3) is 5.91 Å². The zero-order valence-electron chi connectivity index (χ0n) is 17.0. The number of esters is 1. The molecule has 0 aliphatic heterocycles. The zero-order chi connectivity index (χ0) is 23.8. The van der Waals surface area contributed by atoms with Crippen molar-refractivity contribution in [3.8, 4) is 0 Å². The summed E-state index contributed by atoms with van der Waals surface area (Å²) in [7, 11) is -3.75. The molecule has 11 heteroatoms. The highest BCUT2D eigenvalue weighted by atomic mass is 32.2. The van der Waals surface area contributed by atoms with Crippen molar-refractivity contribution in [2.75, 3.05) is 11.9 Å². The first-order chi connectivity index (χ1) is 15.7. The summed E-state index contributed by atoms with van der Waals surface area (Å²) in [6.07, 6.45) is 3.83. The average molecular weight is 476 g/mol. The Morgan fingerprint density at radius 2 is 1.82 bits per heavy atom. The monoisotopic (exact) mass is 476 g/mol. The van der Waals surface area contributed by atoms with Crippen molar-refractivity contribution < 1.29 is 35.9 Å². The number of carbonyl (C=O) groups is 2. The van der Waals surface area contributed by atoms with E-state index in [1.807, 2.05) is 0 Å². The van der Waals surface area contributed by atoms with Gasteiger partial charge in [-0.05, 0) is 48.0 Å². The van der Waals surface area contributed by atoms with Gasteiger partial charge in [-0.2, -0.15) is 0 Å². The van der Waals surface area contributed by atoms with Gasteiger partial charge in [-0.1, -0.05) is 12.1 Å². The minimum atomic E-state index is -3.75. The first kappa shape index (κ1) is 23.8. The molecule has 0 bridgehead atoms. The van der Waals surface area contributed by atoms with E-state index in [1.54, 1.807) is 12.1 Å². The minimum Gasteiger partial charge on any atom is -0.468 e. The molecule has 8 nitrogen and oxygen atoms in total.